The van der Waals surface area contributed by atoms with Gasteiger partial charge in [0, 0.05) is 17.2 Å². The zero-order valence-electron chi connectivity index (χ0n) is 37.6. The molecule has 7 aromatic rings. The second-order valence-electron chi connectivity index (χ2n) is 16.2. The minimum Gasteiger partial charge on any atom is -0.448 e. The molecular formula is C54H44F2N7O6S2+. The number of carbonyl (C=O) groups is 4. The maximum absolute atomic E-state index is 14.6. The van der Waals surface area contributed by atoms with Crippen LogP contribution in [0, 0.1) is 0 Å². The molecule has 13 nitrogen and oxygen atoms in total. The standard InChI is InChI=1S/C54H43F2N7O6S2/c55-52(56)69-61-43(42-34-71-53(58-42)60-54(39-24-10-3-11-25-39,40-26-12-4-13-27-40)41-28-14-5-15-29-41)48(65)59-44-49(66)63-45(51(67)68-46(35-18-6-1-7-19-35)36-20-8-2-9-21-36)38(33-70-50(44)63)23-17-31-62-30-16-22-37(32-62)47(57)64/h1-30,32,34,44,46,50,52H,31,33H2,(H3-,57,58,59,60,64,65)/p+1/b23-17+,61-43-/t44-,50+/m1/s1. The maximum Gasteiger partial charge on any atom is 0.407 e. The number of thiazole rings is 1. The number of carbonyl (C=O) groups excluding carboxylic acids is 4. The number of nitrogens with one attached hydrogen (secondary N) is 2. The molecule has 4 N–H and O–H groups in total. The fourth-order valence-electron chi connectivity index (χ4n) is 8.49. The van der Waals surface area contributed by atoms with Gasteiger partial charge in [-0.1, -0.05) is 163 Å². The van der Waals surface area contributed by atoms with Crippen molar-refractivity contribution in [3.8, 4) is 0 Å². The van der Waals surface area contributed by atoms with E-state index in [-0.39, 0.29) is 23.7 Å². The molecule has 2 aromatic heterocycles. The predicted molar refractivity (Wildman–Crippen MR) is 266 cm³/mol. The highest BCUT2D eigenvalue weighted by Gasteiger charge is 2.55. The molecule has 2 aliphatic heterocycles. The Labute approximate surface area is 415 Å². The molecule has 2 aliphatic rings. The van der Waals surface area contributed by atoms with Crippen molar-refractivity contribution in [3.05, 3.63) is 244 Å². The van der Waals surface area contributed by atoms with Gasteiger partial charge < -0.3 is 25.9 Å². The van der Waals surface area contributed by atoms with Crippen LogP contribution in [0.25, 0.3) is 0 Å². The van der Waals surface area contributed by atoms with E-state index in [1.54, 1.807) is 41.2 Å². The number of amides is 3. The van der Waals surface area contributed by atoms with Crippen molar-refractivity contribution in [2.45, 2.75) is 36.2 Å². The molecular weight excluding hydrogens is 945 g/mol. The van der Waals surface area contributed by atoms with Crippen molar-refractivity contribution in [2.75, 3.05) is 11.1 Å². The zero-order valence-corrected chi connectivity index (χ0v) is 39.2. The largest absolute Gasteiger partial charge is 0.448 e. The van der Waals surface area contributed by atoms with Crippen LogP contribution in [0.4, 0.5) is 13.9 Å². The number of nitrogens with zero attached hydrogens (tertiary/aromatic N) is 4. The Morgan fingerprint density at radius 1 is 0.831 bits per heavy atom. The number of oxime groups is 1. The molecule has 2 atom stereocenters. The Bertz CT molecular complexity index is 2990. The SMILES string of the molecule is NC(=O)c1ccc[n+](C/C=C/C2=C(C(=O)OC(c3ccccc3)c3ccccc3)N3C(=O)[C@@H](NC(=O)/C(=N\OC(F)F)c4csc(NC(c5ccccc5)(c5ccccc5)c5ccccc5)n4)[C@@H]3SC2)c1. The number of pyridine rings is 1. The average Bonchev–Trinajstić information content (AvgIpc) is 3.87. The molecule has 0 aliphatic carbocycles. The van der Waals surface area contributed by atoms with Gasteiger partial charge in [-0.15, -0.1) is 23.1 Å². The summed E-state index contributed by atoms with van der Waals surface area (Å²) in [6.07, 6.45) is 5.99. The number of rotatable bonds is 18. The van der Waals surface area contributed by atoms with E-state index in [2.05, 4.69) is 20.6 Å². The lowest BCUT2D eigenvalue weighted by Crippen LogP contribution is -2.71. The van der Waals surface area contributed by atoms with E-state index in [4.69, 9.17) is 15.5 Å². The summed E-state index contributed by atoms with van der Waals surface area (Å²) in [4.78, 5) is 65.5. The van der Waals surface area contributed by atoms with Crippen LogP contribution in [0.15, 0.2) is 210 Å². The van der Waals surface area contributed by atoms with Crippen LogP contribution < -0.4 is 20.9 Å². The summed E-state index contributed by atoms with van der Waals surface area (Å²) < 4.78 is 35.3. The summed E-state index contributed by atoms with van der Waals surface area (Å²) in [7, 11) is 0. The monoisotopic (exact) mass is 988 g/mol. The summed E-state index contributed by atoms with van der Waals surface area (Å²) >= 11 is 2.40. The third kappa shape index (κ3) is 10.4. The Kier molecular flexibility index (Phi) is 14.5. The van der Waals surface area contributed by atoms with Crippen molar-refractivity contribution in [3.63, 3.8) is 0 Å². The van der Waals surface area contributed by atoms with E-state index in [0.29, 0.717) is 27.4 Å². The quantitative estimate of drug-likeness (QED) is 0.0192. The van der Waals surface area contributed by atoms with Gasteiger partial charge in [-0.25, -0.2) is 14.3 Å². The van der Waals surface area contributed by atoms with Crippen LogP contribution in [0.1, 0.15) is 50.0 Å². The number of esters is 1. The number of β-lactam (4-membered cyclic amide) rings is 1. The van der Waals surface area contributed by atoms with Crippen molar-refractivity contribution in [2.24, 2.45) is 10.9 Å². The minimum atomic E-state index is -3.38. The number of halogens is 2. The number of benzene rings is 5. The van der Waals surface area contributed by atoms with Gasteiger partial charge in [-0.2, -0.15) is 8.78 Å². The van der Waals surface area contributed by atoms with E-state index in [9.17, 15) is 28.0 Å². The number of hydrogen-bond donors (Lipinski definition) is 3. The molecule has 71 heavy (non-hydrogen) atoms. The molecule has 0 spiro atoms. The maximum atomic E-state index is 14.6. The lowest BCUT2D eigenvalue weighted by atomic mass is 9.77. The van der Waals surface area contributed by atoms with Gasteiger partial charge in [-0.3, -0.25) is 19.3 Å². The fraction of sp³-hybridized carbons (Fsp3) is 0.130. The van der Waals surface area contributed by atoms with Crippen LogP contribution in [-0.2, 0) is 36.0 Å². The van der Waals surface area contributed by atoms with Gasteiger partial charge in [0.05, 0.1) is 0 Å². The Morgan fingerprint density at radius 2 is 1.39 bits per heavy atom. The second kappa shape index (κ2) is 21.6. The lowest BCUT2D eigenvalue weighted by Gasteiger charge is -2.49. The first-order valence-corrected chi connectivity index (χ1v) is 24.2. The highest BCUT2D eigenvalue weighted by atomic mass is 32.2. The van der Waals surface area contributed by atoms with Gasteiger partial charge in [0.1, 0.15) is 33.9 Å². The number of anilines is 1. The molecule has 0 bridgehead atoms. The number of thioether (sulfide) groups is 1. The second-order valence-corrected chi connectivity index (χ2v) is 18.2. The molecule has 9 rings (SSSR count). The van der Waals surface area contributed by atoms with Crippen molar-refractivity contribution >= 4 is 57.6 Å². The van der Waals surface area contributed by atoms with Crippen LogP contribution in [0.5, 0.6) is 0 Å². The van der Waals surface area contributed by atoms with Gasteiger partial charge in [0.2, 0.25) is 0 Å². The Morgan fingerprint density at radius 3 is 1.94 bits per heavy atom. The average molecular weight is 989 g/mol. The number of hydrogen-bond acceptors (Lipinski definition) is 11. The van der Waals surface area contributed by atoms with E-state index in [1.165, 1.54) is 22.0 Å². The van der Waals surface area contributed by atoms with Crippen molar-refractivity contribution in [1.82, 2.24) is 15.2 Å². The minimum absolute atomic E-state index is 0.0304. The van der Waals surface area contributed by atoms with E-state index < -0.39 is 59.1 Å². The summed E-state index contributed by atoms with van der Waals surface area (Å²) in [5, 5.41) is 10.8. The normalized spacial score (nSPS) is 15.9. The molecule has 5 aromatic carbocycles. The number of alkyl halides is 2. The van der Waals surface area contributed by atoms with Gasteiger partial charge in [0.15, 0.2) is 35.9 Å². The van der Waals surface area contributed by atoms with Crippen LogP contribution in [-0.4, -0.2) is 63.1 Å². The summed E-state index contributed by atoms with van der Waals surface area (Å²) in [5.41, 5.74) is 8.56. The lowest BCUT2D eigenvalue weighted by molar-refractivity contribution is -0.687. The predicted octanol–water partition coefficient (Wildman–Crippen LogP) is 8.12. The molecule has 3 amide bonds. The Balaban J connectivity index is 1.01. The fourth-order valence-corrected chi connectivity index (χ4v) is 10.6. The number of allylic oxidation sites excluding steroid dienone is 2. The number of primary amides is 1. The zero-order chi connectivity index (χ0) is 49.3. The molecule has 1 saturated heterocycles. The molecule has 0 unspecified atom stereocenters. The third-order valence-corrected chi connectivity index (χ3v) is 13.8. The first kappa shape index (κ1) is 47.8. The first-order chi connectivity index (χ1) is 34.6. The topological polar surface area (TPSA) is 169 Å². The highest BCUT2D eigenvalue weighted by molar-refractivity contribution is 8.00. The van der Waals surface area contributed by atoms with Crippen LogP contribution in [0.3, 0.4) is 0 Å². The van der Waals surface area contributed by atoms with Crippen LogP contribution >= 0.6 is 23.1 Å². The third-order valence-electron chi connectivity index (χ3n) is 11.8. The van der Waals surface area contributed by atoms with Gasteiger partial charge in [-0.05, 0) is 45.5 Å². The van der Waals surface area contributed by atoms with Crippen molar-refractivity contribution in [1.29, 1.82) is 0 Å². The summed E-state index contributed by atoms with van der Waals surface area (Å²) in [6.45, 7) is -3.09. The van der Waals surface area contributed by atoms with Crippen molar-refractivity contribution < 1.29 is 42.1 Å². The molecule has 4 heterocycles. The summed E-state index contributed by atoms with van der Waals surface area (Å²) in [6, 6.07) is 49.6. The van der Waals surface area contributed by atoms with Crippen LogP contribution in [0.2, 0.25) is 0 Å². The highest BCUT2D eigenvalue weighted by Crippen LogP contribution is 2.43. The number of nitrogens with two attached hydrogens (primary N) is 1. The number of aromatic nitrogens is 2. The number of ether oxygens (including phenoxy) is 1. The molecule has 356 valence electrons. The smallest absolute Gasteiger partial charge is 0.407 e. The first-order valence-electron chi connectivity index (χ1n) is 22.3. The summed E-state index contributed by atoms with van der Waals surface area (Å²) in [5.74, 6) is -2.83. The number of fused-ring (bicyclic) bond motifs is 1. The van der Waals surface area contributed by atoms with E-state index >= 15 is 0 Å². The Hall–Kier alpha value is -8.28. The van der Waals surface area contributed by atoms with Gasteiger partial charge >= 0.3 is 12.6 Å². The molecule has 1 fully saturated rings. The van der Waals surface area contributed by atoms with Gasteiger partial charge in [0.25, 0.3) is 17.7 Å². The molecule has 0 saturated carbocycles. The molecule has 17 heteroatoms. The van der Waals surface area contributed by atoms with E-state index in [1.807, 2.05) is 152 Å². The van der Waals surface area contributed by atoms with E-state index in [0.717, 1.165) is 28.0 Å². The molecule has 0 radical (unpaired) electrons.